The van der Waals surface area contributed by atoms with Crippen molar-refractivity contribution < 1.29 is 17.6 Å². The first-order chi connectivity index (χ1) is 13.9. The number of oxazole rings is 1. The Morgan fingerprint density at radius 1 is 1.14 bits per heavy atom. The number of nitrogens with one attached hydrogen (secondary N) is 1. The summed E-state index contributed by atoms with van der Waals surface area (Å²) in [7, 11) is -3.84. The minimum absolute atomic E-state index is 0.0335. The van der Waals surface area contributed by atoms with Gasteiger partial charge in [-0.05, 0) is 56.2 Å². The summed E-state index contributed by atoms with van der Waals surface area (Å²) in [6.45, 7) is 3.10. The maximum absolute atomic E-state index is 13.3. The Labute approximate surface area is 178 Å². The number of sulfone groups is 1. The highest BCUT2D eigenvalue weighted by Crippen LogP contribution is 2.33. The predicted molar refractivity (Wildman–Crippen MR) is 114 cm³/mol. The van der Waals surface area contributed by atoms with Crippen LogP contribution in [0.25, 0.3) is 11.5 Å². The van der Waals surface area contributed by atoms with Gasteiger partial charge in [0.15, 0.2) is 0 Å². The van der Waals surface area contributed by atoms with Crippen LogP contribution in [0.3, 0.4) is 0 Å². The zero-order valence-electron chi connectivity index (χ0n) is 15.9. The van der Waals surface area contributed by atoms with E-state index in [0.717, 1.165) is 29.5 Å². The molecule has 1 aliphatic heterocycles. The highest BCUT2D eigenvalue weighted by Gasteiger charge is 2.29. The van der Waals surface area contributed by atoms with Crippen molar-refractivity contribution in [3.63, 3.8) is 0 Å². The molecule has 0 radical (unpaired) electrons. The fraction of sp³-hybridized carbons (Fsp3) is 0.286. The molecule has 1 aromatic heterocycles. The molecule has 0 bridgehead atoms. The maximum atomic E-state index is 13.3. The molecule has 2 aromatic carbocycles. The van der Waals surface area contributed by atoms with Crippen LogP contribution in [0.5, 0.6) is 0 Å². The Morgan fingerprint density at radius 3 is 2.52 bits per heavy atom. The van der Waals surface area contributed by atoms with E-state index in [1.165, 1.54) is 0 Å². The Morgan fingerprint density at radius 2 is 1.86 bits per heavy atom. The van der Waals surface area contributed by atoms with Crippen LogP contribution in [-0.4, -0.2) is 32.7 Å². The quantitative estimate of drug-likeness (QED) is 0.548. The van der Waals surface area contributed by atoms with Gasteiger partial charge < -0.3 is 14.5 Å². The number of aromatic nitrogens is 1. The van der Waals surface area contributed by atoms with Gasteiger partial charge in [-0.3, -0.25) is 0 Å². The number of hydrogen-bond acceptors (Lipinski definition) is 6. The van der Waals surface area contributed by atoms with Crippen molar-refractivity contribution >= 4 is 31.7 Å². The van der Waals surface area contributed by atoms with E-state index < -0.39 is 9.84 Å². The summed E-state index contributed by atoms with van der Waals surface area (Å²) in [6, 6.07) is 14.1. The van der Waals surface area contributed by atoms with Crippen LogP contribution in [0.4, 0.5) is 5.88 Å². The molecule has 0 spiro atoms. The van der Waals surface area contributed by atoms with E-state index in [9.17, 15) is 8.42 Å². The summed E-state index contributed by atoms with van der Waals surface area (Å²) in [4.78, 5) is 4.53. The fourth-order valence-electron chi connectivity index (χ4n) is 3.16. The van der Waals surface area contributed by atoms with Gasteiger partial charge in [0.2, 0.25) is 26.6 Å². The Kier molecular flexibility index (Phi) is 5.76. The number of aryl methyl sites for hydroxylation is 1. The van der Waals surface area contributed by atoms with Crippen LogP contribution in [0, 0.1) is 6.92 Å². The number of halogens is 1. The van der Waals surface area contributed by atoms with Gasteiger partial charge in [-0.15, -0.1) is 0 Å². The number of ether oxygens (including phenoxy) is 1. The Balaban J connectivity index is 1.73. The normalized spacial score (nSPS) is 16.8. The van der Waals surface area contributed by atoms with Gasteiger partial charge in [-0.1, -0.05) is 33.6 Å². The van der Waals surface area contributed by atoms with Gasteiger partial charge in [0, 0.05) is 23.2 Å². The van der Waals surface area contributed by atoms with Gasteiger partial charge in [-0.2, -0.15) is 4.98 Å². The standard InChI is InChI=1S/C21H21BrN2O4S/c1-14-4-10-18(11-5-14)29(25,26)21-20(23-13-17-3-2-12-27-17)28-19(24-21)15-6-8-16(22)9-7-15/h4-11,17,23H,2-3,12-13H2,1H3. The van der Waals surface area contributed by atoms with Crippen molar-refractivity contribution in [1.82, 2.24) is 4.98 Å². The molecule has 1 N–H and O–H groups in total. The van der Waals surface area contributed by atoms with E-state index in [0.29, 0.717) is 12.1 Å². The lowest BCUT2D eigenvalue weighted by Gasteiger charge is -2.10. The summed E-state index contributed by atoms with van der Waals surface area (Å²) in [5.74, 6) is 0.386. The van der Waals surface area contributed by atoms with Crippen molar-refractivity contribution in [3.8, 4) is 11.5 Å². The van der Waals surface area contributed by atoms with Gasteiger partial charge >= 0.3 is 0 Å². The molecule has 0 saturated carbocycles. The number of hydrogen-bond donors (Lipinski definition) is 1. The van der Waals surface area contributed by atoms with E-state index in [1.807, 2.05) is 31.2 Å². The molecule has 4 rings (SSSR count). The minimum atomic E-state index is -3.84. The molecule has 8 heteroatoms. The predicted octanol–water partition coefficient (Wildman–Crippen LogP) is 4.84. The summed E-state index contributed by atoms with van der Waals surface area (Å²) in [5.41, 5.74) is 1.68. The summed E-state index contributed by atoms with van der Waals surface area (Å²) in [6.07, 6.45) is 1.97. The molecule has 1 aliphatic rings. The Bertz CT molecular complexity index is 1090. The first kappa shape index (κ1) is 20.1. The monoisotopic (exact) mass is 476 g/mol. The number of anilines is 1. The highest BCUT2D eigenvalue weighted by atomic mass is 79.9. The van der Waals surface area contributed by atoms with Crippen LogP contribution in [0.1, 0.15) is 18.4 Å². The zero-order chi connectivity index (χ0) is 20.4. The second kappa shape index (κ2) is 8.30. The molecule has 1 unspecified atom stereocenters. The van der Waals surface area contributed by atoms with Crippen molar-refractivity contribution in [2.45, 2.75) is 35.8 Å². The van der Waals surface area contributed by atoms with Crippen molar-refractivity contribution in [2.75, 3.05) is 18.5 Å². The third-order valence-electron chi connectivity index (χ3n) is 4.79. The average Bonchev–Trinajstić information content (AvgIpc) is 3.37. The molecule has 152 valence electrons. The van der Waals surface area contributed by atoms with Crippen LogP contribution < -0.4 is 5.32 Å². The summed E-state index contributed by atoms with van der Waals surface area (Å²) in [5, 5.41) is 2.99. The number of nitrogens with zero attached hydrogens (tertiary/aromatic N) is 1. The van der Waals surface area contributed by atoms with E-state index in [4.69, 9.17) is 9.15 Å². The van der Waals surface area contributed by atoms with E-state index in [-0.39, 0.29) is 27.8 Å². The van der Waals surface area contributed by atoms with Crippen molar-refractivity contribution in [3.05, 3.63) is 58.6 Å². The largest absolute Gasteiger partial charge is 0.419 e. The SMILES string of the molecule is Cc1ccc(S(=O)(=O)c2nc(-c3ccc(Br)cc3)oc2NCC2CCCO2)cc1. The molecule has 29 heavy (non-hydrogen) atoms. The summed E-state index contributed by atoms with van der Waals surface area (Å²) < 4.78 is 38.9. The second-order valence-corrected chi connectivity index (χ2v) is 9.77. The molecule has 1 saturated heterocycles. The summed E-state index contributed by atoms with van der Waals surface area (Å²) >= 11 is 3.40. The number of rotatable bonds is 6. The zero-order valence-corrected chi connectivity index (χ0v) is 18.3. The second-order valence-electron chi connectivity index (χ2n) is 6.99. The molecular weight excluding hydrogens is 456 g/mol. The van der Waals surface area contributed by atoms with Crippen molar-refractivity contribution in [2.24, 2.45) is 0 Å². The van der Waals surface area contributed by atoms with E-state index in [2.05, 4.69) is 26.2 Å². The lowest BCUT2D eigenvalue weighted by Crippen LogP contribution is -2.19. The van der Waals surface area contributed by atoms with Crippen LogP contribution in [0.15, 0.2) is 67.3 Å². The minimum Gasteiger partial charge on any atom is -0.419 e. The van der Waals surface area contributed by atoms with Crippen LogP contribution in [0.2, 0.25) is 0 Å². The first-order valence-corrected chi connectivity index (χ1v) is 11.6. The molecule has 3 aromatic rings. The number of benzene rings is 2. The first-order valence-electron chi connectivity index (χ1n) is 9.37. The van der Waals surface area contributed by atoms with Gasteiger partial charge in [0.05, 0.1) is 11.0 Å². The third-order valence-corrected chi connectivity index (χ3v) is 6.99. The molecular formula is C21H21BrN2O4S. The smallest absolute Gasteiger partial charge is 0.233 e. The molecule has 6 nitrogen and oxygen atoms in total. The maximum Gasteiger partial charge on any atom is 0.233 e. The topological polar surface area (TPSA) is 81.4 Å². The lowest BCUT2D eigenvalue weighted by atomic mass is 10.2. The van der Waals surface area contributed by atoms with Gasteiger partial charge in [0.25, 0.3) is 0 Å². The third kappa shape index (κ3) is 4.39. The van der Waals surface area contributed by atoms with E-state index in [1.54, 1.807) is 24.3 Å². The van der Waals surface area contributed by atoms with Gasteiger partial charge in [0.1, 0.15) is 0 Å². The van der Waals surface area contributed by atoms with Gasteiger partial charge in [-0.25, -0.2) is 8.42 Å². The molecule has 0 amide bonds. The average molecular weight is 477 g/mol. The van der Waals surface area contributed by atoms with Crippen molar-refractivity contribution in [1.29, 1.82) is 0 Å². The lowest BCUT2D eigenvalue weighted by molar-refractivity contribution is 0.120. The molecule has 2 heterocycles. The molecule has 0 aliphatic carbocycles. The Hall–Kier alpha value is -2.16. The fourth-order valence-corrected chi connectivity index (χ4v) is 4.70. The molecule has 1 fully saturated rings. The molecule has 1 atom stereocenters. The highest BCUT2D eigenvalue weighted by molar-refractivity contribution is 9.10. The van der Waals surface area contributed by atoms with Crippen LogP contribution >= 0.6 is 15.9 Å². The van der Waals surface area contributed by atoms with Crippen LogP contribution in [-0.2, 0) is 14.6 Å². The van der Waals surface area contributed by atoms with E-state index >= 15 is 0 Å².